The standard InChI is InChI=1S/C21H21BrFN3O6/c1-3-31-17-9-13(8-14(22)21(17)32-12-20(29)30-2)11-24-26-19(28)10-18(27)25-16-7-5-4-6-15(16)23/h4-9,11H,3,10,12H2,1-2H3,(H,25,27)(H,26,28). The third-order valence-electron chi connectivity index (χ3n) is 3.77. The topological polar surface area (TPSA) is 115 Å². The first-order valence-corrected chi connectivity index (χ1v) is 10.2. The van der Waals surface area contributed by atoms with Crippen molar-refractivity contribution in [1.82, 2.24) is 5.43 Å². The molecule has 0 atom stereocenters. The molecule has 9 nitrogen and oxygen atoms in total. The van der Waals surface area contributed by atoms with Gasteiger partial charge in [-0.05, 0) is 52.7 Å². The summed E-state index contributed by atoms with van der Waals surface area (Å²) in [5.74, 6) is -1.86. The first kappa shape index (κ1) is 24.8. The average Bonchev–Trinajstić information content (AvgIpc) is 2.74. The quantitative estimate of drug-likeness (QED) is 0.220. The molecule has 0 saturated carbocycles. The molecular formula is C21H21BrFN3O6. The lowest BCUT2D eigenvalue weighted by molar-refractivity contribution is -0.143. The SMILES string of the molecule is CCOc1cc(C=NNC(=O)CC(=O)Nc2ccccc2F)cc(Br)c1OCC(=O)OC. The minimum absolute atomic E-state index is 0.0170. The van der Waals surface area contributed by atoms with Crippen molar-refractivity contribution in [2.24, 2.45) is 5.10 Å². The molecule has 170 valence electrons. The highest BCUT2D eigenvalue weighted by Gasteiger charge is 2.14. The van der Waals surface area contributed by atoms with Crippen LogP contribution < -0.4 is 20.2 Å². The summed E-state index contributed by atoms with van der Waals surface area (Å²) in [7, 11) is 1.25. The van der Waals surface area contributed by atoms with E-state index in [9.17, 15) is 18.8 Å². The Bertz CT molecular complexity index is 1020. The van der Waals surface area contributed by atoms with Crippen molar-refractivity contribution >= 4 is 45.6 Å². The Kier molecular flexibility index (Phi) is 9.61. The van der Waals surface area contributed by atoms with Gasteiger partial charge in [-0.15, -0.1) is 0 Å². The van der Waals surface area contributed by atoms with Crippen molar-refractivity contribution in [2.75, 3.05) is 25.6 Å². The number of anilines is 1. The largest absolute Gasteiger partial charge is 0.490 e. The van der Waals surface area contributed by atoms with Crippen LogP contribution in [0.2, 0.25) is 0 Å². The number of methoxy groups -OCH3 is 1. The molecule has 0 aliphatic carbocycles. The highest BCUT2D eigenvalue weighted by molar-refractivity contribution is 9.10. The van der Waals surface area contributed by atoms with Crippen LogP contribution in [0.3, 0.4) is 0 Å². The number of hydrogen-bond acceptors (Lipinski definition) is 7. The summed E-state index contributed by atoms with van der Waals surface area (Å²) in [5, 5.41) is 6.12. The fourth-order valence-corrected chi connectivity index (χ4v) is 2.95. The first-order valence-electron chi connectivity index (χ1n) is 9.36. The molecule has 0 aliphatic heterocycles. The molecule has 0 bridgehead atoms. The molecule has 0 aliphatic rings. The van der Waals surface area contributed by atoms with Gasteiger partial charge < -0.3 is 19.5 Å². The molecule has 0 fully saturated rings. The van der Waals surface area contributed by atoms with Crippen molar-refractivity contribution in [3.05, 3.63) is 52.3 Å². The summed E-state index contributed by atoms with van der Waals surface area (Å²) in [5.41, 5.74) is 2.75. The van der Waals surface area contributed by atoms with Crippen LogP contribution in [-0.2, 0) is 19.1 Å². The van der Waals surface area contributed by atoms with Crippen molar-refractivity contribution in [2.45, 2.75) is 13.3 Å². The number of benzene rings is 2. The molecule has 2 aromatic rings. The van der Waals surface area contributed by atoms with Crippen LogP contribution in [0.15, 0.2) is 46.0 Å². The Morgan fingerprint density at radius 1 is 1.16 bits per heavy atom. The zero-order valence-electron chi connectivity index (χ0n) is 17.3. The fraction of sp³-hybridized carbons (Fsp3) is 0.238. The Labute approximate surface area is 192 Å². The van der Waals surface area contributed by atoms with Gasteiger partial charge in [0.2, 0.25) is 11.8 Å². The summed E-state index contributed by atoms with van der Waals surface area (Å²) in [6.45, 7) is 1.83. The number of carbonyl (C=O) groups excluding carboxylic acids is 3. The number of carbonyl (C=O) groups is 3. The average molecular weight is 510 g/mol. The number of halogens is 2. The molecular weight excluding hydrogens is 489 g/mol. The second-order valence-corrected chi connectivity index (χ2v) is 6.98. The number of esters is 1. The summed E-state index contributed by atoms with van der Waals surface area (Å²) >= 11 is 3.34. The number of nitrogens with one attached hydrogen (secondary N) is 2. The van der Waals surface area contributed by atoms with E-state index in [-0.39, 0.29) is 12.3 Å². The number of ether oxygens (including phenoxy) is 3. The van der Waals surface area contributed by atoms with Gasteiger partial charge in [-0.2, -0.15) is 5.10 Å². The van der Waals surface area contributed by atoms with Gasteiger partial charge >= 0.3 is 5.97 Å². The summed E-state index contributed by atoms with van der Waals surface area (Å²) < 4.78 is 29.6. The van der Waals surface area contributed by atoms with E-state index in [0.29, 0.717) is 28.1 Å². The van der Waals surface area contributed by atoms with Gasteiger partial charge in [0.05, 0.1) is 30.1 Å². The fourth-order valence-electron chi connectivity index (χ4n) is 2.38. The zero-order valence-corrected chi connectivity index (χ0v) is 18.9. The van der Waals surface area contributed by atoms with Crippen LogP contribution in [0.25, 0.3) is 0 Å². The van der Waals surface area contributed by atoms with E-state index >= 15 is 0 Å². The zero-order chi connectivity index (χ0) is 23.5. The van der Waals surface area contributed by atoms with Gasteiger partial charge in [-0.1, -0.05) is 12.1 Å². The van der Waals surface area contributed by atoms with E-state index in [4.69, 9.17) is 9.47 Å². The smallest absolute Gasteiger partial charge is 0.343 e. The third kappa shape index (κ3) is 7.65. The van der Waals surface area contributed by atoms with Crippen molar-refractivity contribution in [1.29, 1.82) is 0 Å². The lowest BCUT2D eigenvalue weighted by Gasteiger charge is -2.13. The van der Waals surface area contributed by atoms with Gasteiger partial charge in [-0.25, -0.2) is 14.6 Å². The minimum Gasteiger partial charge on any atom is -0.490 e. The number of amides is 2. The molecule has 2 aromatic carbocycles. The van der Waals surface area contributed by atoms with E-state index < -0.39 is 30.0 Å². The highest BCUT2D eigenvalue weighted by atomic mass is 79.9. The summed E-state index contributed by atoms with van der Waals surface area (Å²) in [4.78, 5) is 35.1. The maximum absolute atomic E-state index is 13.5. The van der Waals surface area contributed by atoms with Crippen molar-refractivity contribution < 1.29 is 33.0 Å². The molecule has 0 saturated heterocycles. The second-order valence-electron chi connectivity index (χ2n) is 6.13. The number of hydrazone groups is 1. The van der Waals surface area contributed by atoms with Gasteiger partial charge in [0.1, 0.15) is 12.2 Å². The van der Waals surface area contributed by atoms with E-state index in [1.807, 2.05) is 0 Å². The second kappa shape index (κ2) is 12.4. The van der Waals surface area contributed by atoms with Crippen LogP contribution in [0.5, 0.6) is 11.5 Å². The van der Waals surface area contributed by atoms with E-state index in [1.54, 1.807) is 25.1 Å². The summed E-state index contributed by atoms with van der Waals surface area (Å²) in [6, 6.07) is 8.86. The molecule has 32 heavy (non-hydrogen) atoms. The number of rotatable bonds is 10. The lowest BCUT2D eigenvalue weighted by atomic mass is 10.2. The minimum atomic E-state index is -0.684. The molecule has 11 heteroatoms. The van der Waals surface area contributed by atoms with Gasteiger partial charge in [-0.3, -0.25) is 9.59 Å². The highest BCUT2D eigenvalue weighted by Crippen LogP contribution is 2.36. The predicted octanol–water partition coefficient (Wildman–Crippen LogP) is 3.02. The predicted molar refractivity (Wildman–Crippen MR) is 118 cm³/mol. The van der Waals surface area contributed by atoms with E-state index in [0.717, 1.165) is 0 Å². The molecule has 0 spiro atoms. The molecule has 2 rings (SSSR count). The Morgan fingerprint density at radius 2 is 1.91 bits per heavy atom. The molecule has 0 radical (unpaired) electrons. The molecule has 0 aromatic heterocycles. The number of hydrogen-bond donors (Lipinski definition) is 2. The lowest BCUT2D eigenvalue weighted by Crippen LogP contribution is -2.24. The Morgan fingerprint density at radius 3 is 2.59 bits per heavy atom. The van der Waals surface area contributed by atoms with E-state index in [1.165, 1.54) is 31.5 Å². The van der Waals surface area contributed by atoms with E-state index in [2.05, 4.69) is 36.5 Å². The van der Waals surface area contributed by atoms with Gasteiger partial charge in [0.25, 0.3) is 0 Å². The maximum atomic E-state index is 13.5. The summed E-state index contributed by atoms with van der Waals surface area (Å²) in [6.07, 6.45) is 0.796. The van der Waals surface area contributed by atoms with Gasteiger partial charge in [0.15, 0.2) is 18.1 Å². The van der Waals surface area contributed by atoms with Crippen LogP contribution in [-0.4, -0.2) is 44.3 Å². The van der Waals surface area contributed by atoms with Gasteiger partial charge in [0, 0.05) is 0 Å². The number of nitrogens with zero attached hydrogens (tertiary/aromatic N) is 1. The van der Waals surface area contributed by atoms with Crippen LogP contribution in [0.4, 0.5) is 10.1 Å². The first-order chi connectivity index (χ1) is 15.3. The van der Waals surface area contributed by atoms with Crippen LogP contribution in [0, 0.1) is 5.82 Å². The molecule has 2 amide bonds. The molecule has 2 N–H and O–H groups in total. The normalized spacial score (nSPS) is 10.5. The maximum Gasteiger partial charge on any atom is 0.343 e. The molecule has 0 unspecified atom stereocenters. The van der Waals surface area contributed by atoms with Crippen molar-refractivity contribution in [3.63, 3.8) is 0 Å². The van der Waals surface area contributed by atoms with Crippen LogP contribution >= 0.6 is 15.9 Å². The third-order valence-corrected chi connectivity index (χ3v) is 4.35. The van der Waals surface area contributed by atoms with Crippen LogP contribution in [0.1, 0.15) is 18.9 Å². The monoisotopic (exact) mass is 509 g/mol. The molecule has 0 heterocycles. The number of para-hydroxylation sites is 1. The Hall–Kier alpha value is -3.47. The van der Waals surface area contributed by atoms with Crippen molar-refractivity contribution in [3.8, 4) is 11.5 Å². The Balaban J connectivity index is 1.98.